The average Bonchev–Trinajstić information content (AvgIpc) is 3.05. The lowest BCUT2D eigenvalue weighted by Crippen LogP contribution is -2.39. The minimum atomic E-state index is -4.44. The molecule has 3 heterocycles. The second-order valence-corrected chi connectivity index (χ2v) is 5.91. The molecular formula is C16H17F3N4O. The normalized spacial score (nSPS) is 18.7. The highest BCUT2D eigenvalue weighted by Gasteiger charge is 2.35. The van der Waals surface area contributed by atoms with Crippen LogP contribution in [0, 0.1) is 6.92 Å². The third-order valence-corrected chi connectivity index (χ3v) is 4.23. The first kappa shape index (κ1) is 16.5. The zero-order valence-corrected chi connectivity index (χ0v) is 13.1. The van der Waals surface area contributed by atoms with Gasteiger partial charge in [0.05, 0.1) is 11.8 Å². The molecular weight excluding hydrogens is 321 g/mol. The number of nitrogens with one attached hydrogen (secondary N) is 1. The first-order chi connectivity index (χ1) is 11.4. The number of nitrogens with zero attached hydrogens (tertiary/aromatic N) is 3. The molecule has 1 fully saturated rings. The maximum Gasteiger partial charge on any atom is 0.432 e. The molecule has 1 N–H and O–H groups in total. The van der Waals surface area contributed by atoms with Crippen LogP contribution >= 0.6 is 0 Å². The van der Waals surface area contributed by atoms with Gasteiger partial charge >= 0.3 is 6.18 Å². The molecule has 2 aromatic rings. The van der Waals surface area contributed by atoms with Crippen LogP contribution in [0.4, 0.5) is 13.2 Å². The minimum absolute atomic E-state index is 0.145. The predicted octanol–water partition coefficient (Wildman–Crippen LogP) is 3.15. The molecule has 0 saturated carbocycles. The number of aromatic amines is 1. The number of aromatic nitrogens is 3. The van der Waals surface area contributed by atoms with Crippen LogP contribution in [0.1, 0.15) is 46.3 Å². The molecule has 1 aliphatic rings. The molecule has 8 heteroatoms. The molecule has 2 aromatic heterocycles. The fraction of sp³-hybridized carbons (Fsp3) is 0.438. The van der Waals surface area contributed by atoms with Crippen molar-refractivity contribution in [1.29, 1.82) is 0 Å². The number of alkyl halides is 3. The first-order valence-corrected chi connectivity index (χ1v) is 7.69. The zero-order valence-electron chi connectivity index (χ0n) is 13.1. The van der Waals surface area contributed by atoms with E-state index in [1.165, 1.54) is 0 Å². The third-order valence-electron chi connectivity index (χ3n) is 4.23. The summed E-state index contributed by atoms with van der Waals surface area (Å²) in [5.74, 6) is -0.0913. The average molecular weight is 338 g/mol. The van der Waals surface area contributed by atoms with E-state index in [0.29, 0.717) is 30.8 Å². The van der Waals surface area contributed by atoms with Crippen molar-refractivity contribution in [2.45, 2.75) is 31.9 Å². The number of H-pyrrole nitrogens is 1. The highest BCUT2D eigenvalue weighted by Crippen LogP contribution is 2.31. The SMILES string of the molecule is Cc1ncccc1C(=O)N1CCCC(c2ncc(C(F)(F)F)[nH]2)C1. The van der Waals surface area contributed by atoms with Crippen molar-refractivity contribution >= 4 is 5.91 Å². The molecule has 1 saturated heterocycles. The van der Waals surface area contributed by atoms with Crippen molar-refractivity contribution in [3.8, 4) is 0 Å². The van der Waals surface area contributed by atoms with Crippen LogP contribution in [-0.2, 0) is 6.18 Å². The Morgan fingerprint density at radius 1 is 1.38 bits per heavy atom. The molecule has 0 radical (unpaired) electrons. The number of carbonyl (C=O) groups is 1. The fourth-order valence-corrected chi connectivity index (χ4v) is 2.95. The Kier molecular flexibility index (Phi) is 4.29. The molecule has 128 valence electrons. The van der Waals surface area contributed by atoms with E-state index in [-0.39, 0.29) is 17.6 Å². The maximum atomic E-state index is 12.7. The summed E-state index contributed by atoms with van der Waals surface area (Å²) in [6.45, 7) is 2.69. The van der Waals surface area contributed by atoms with Crippen molar-refractivity contribution in [2.75, 3.05) is 13.1 Å². The highest BCUT2D eigenvalue weighted by molar-refractivity contribution is 5.95. The van der Waals surface area contributed by atoms with Gasteiger partial charge in [0.25, 0.3) is 5.91 Å². The van der Waals surface area contributed by atoms with Crippen molar-refractivity contribution in [3.05, 3.63) is 47.3 Å². The number of likely N-dealkylation sites (tertiary alicyclic amines) is 1. The summed E-state index contributed by atoms with van der Waals surface area (Å²) in [5.41, 5.74) is 0.305. The Hall–Kier alpha value is -2.38. The number of imidazole rings is 1. The van der Waals surface area contributed by atoms with Gasteiger partial charge in [-0.25, -0.2) is 4.98 Å². The maximum absolute atomic E-state index is 12.7. The Labute approximate surface area is 136 Å². The number of carbonyl (C=O) groups excluding carboxylic acids is 1. The van der Waals surface area contributed by atoms with Crippen LogP contribution in [-0.4, -0.2) is 38.8 Å². The van der Waals surface area contributed by atoms with Gasteiger partial charge in [-0.1, -0.05) is 0 Å². The number of hydrogen-bond donors (Lipinski definition) is 1. The van der Waals surface area contributed by atoms with Crippen LogP contribution in [0.5, 0.6) is 0 Å². The monoisotopic (exact) mass is 338 g/mol. The van der Waals surface area contributed by atoms with Crippen LogP contribution in [0.3, 0.4) is 0 Å². The molecule has 0 spiro atoms. The molecule has 1 amide bonds. The van der Waals surface area contributed by atoms with Crippen molar-refractivity contribution in [2.24, 2.45) is 0 Å². The second kappa shape index (κ2) is 6.26. The summed E-state index contributed by atoms with van der Waals surface area (Å²) >= 11 is 0. The number of amides is 1. The summed E-state index contributed by atoms with van der Waals surface area (Å²) in [7, 11) is 0. The lowest BCUT2D eigenvalue weighted by atomic mass is 9.96. The van der Waals surface area contributed by atoms with E-state index in [1.54, 1.807) is 30.2 Å². The number of rotatable bonds is 2. The van der Waals surface area contributed by atoms with E-state index >= 15 is 0 Å². The summed E-state index contributed by atoms with van der Waals surface area (Å²) in [6, 6.07) is 3.41. The summed E-state index contributed by atoms with van der Waals surface area (Å²) in [5, 5.41) is 0. The lowest BCUT2D eigenvalue weighted by Gasteiger charge is -2.32. The number of halogens is 3. The van der Waals surface area contributed by atoms with Crippen LogP contribution in [0.25, 0.3) is 0 Å². The van der Waals surface area contributed by atoms with Gasteiger partial charge in [-0.05, 0) is 31.9 Å². The molecule has 0 bridgehead atoms. The molecule has 1 unspecified atom stereocenters. The Morgan fingerprint density at radius 3 is 2.83 bits per heavy atom. The molecule has 1 atom stereocenters. The second-order valence-electron chi connectivity index (χ2n) is 5.91. The first-order valence-electron chi connectivity index (χ1n) is 7.69. The number of pyridine rings is 1. The molecule has 24 heavy (non-hydrogen) atoms. The number of aryl methyl sites for hydroxylation is 1. The Bertz CT molecular complexity index is 741. The molecule has 5 nitrogen and oxygen atoms in total. The van der Waals surface area contributed by atoms with Gasteiger partial charge in [-0.3, -0.25) is 9.78 Å². The van der Waals surface area contributed by atoms with Crippen LogP contribution in [0.2, 0.25) is 0 Å². The van der Waals surface area contributed by atoms with E-state index < -0.39 is 11.9 Å². The van der Waals surface area contributed by atoms with E-state index in [1.807, 2.05) is 0 Å². The smallest absolute Gasteiger partial charge is 0.338 e. The molecule has 0 aliphatic carbocycles. The van der Waals surface area contributed by atoms with Gasteiger partial charge in [0.2, 0.25) is 0 Å². The Balaban J connectivity index is 1.76. The highest BCUT2D eigenvalue weighted by atomic mass is 19.4. The van der Waals surface area contributed by atoms with Gasteiger partial charge in [0.15, 0.2) is 0 Å². The molecule has 1 aliphatic heterocycles. The third kappa shape index (κ3) is 3.27. The van der Waals surface area contributed by atoms with Gasteiger partial charge in [0, 0.05) is 30.9 Å². The van der Waals surface area contributed by atoms with Crippen LogP contribution < -0.4 is 0 Å². The summed E-state index contributed by atoms with van der Waals surface area (Å²) in [4.78, 5) is 24.6. The summed E-state index contributed by atoms with van der Waals surface area (Å²) in [6.07, 6.45) is -0.603. The van der Waals surface area contributed by atoms with E-state index in [2.05, 4.69) is 15.0 Å². The van der Waals surface area contributed by atoms with Crippen LogP contribution in [0.15, 0.2) is 24.5 Å². The van der Waals surface area contributed by atoms with Gasteiger partial charge in [0.1, 0.15) is 11.5 Å². The topological polar surface area (TPSA) is 61.9 Å². The van der Waals surface area contributed by atoms with Gasteiger partial charge in [-0.2, -0.15) is 13.2 Å². The van der Waals surface area contributed by atoms with E-state index in [0.717, 1.165) is 12.6 Å². The molecule has 0 aromatic carbocycles. The largest absolute Gasteiger partial charge is 0.432 e. The van der Waals surface area contributed by atoms with E-state index in [9.17, 15) is 18.0 Å². The van der Waals surface area contributed by atoms with Crippen molar-refractivity contribution in [3.63, 3.8) is 0 Å². The van der Waals surface area contributed by atoms with Gasteiger partial charge < -0.3 is 9.88 Å². The van der Waals surface area contributed by atoms with Gasteiger partial charge in [-0.15, -0.1) is 0 Å². The summed E-state index contributed by atoms with van der Waals surface area (Å²) < 4.78 is 38.1. The minimum Gasteiger partial charge on any atom is -0.338 e. The predicted molar refractivity (Wildman–Crippen MR) is 80.4 cm³/mol. The fourth-order valence-electron chi connectivity index (χ4n) is 2.95. The standard InChI is InChI=1S/C16H17F3N4O/c1-10-12(5-2-6-20-10)15(24)23-7-3-4-11(9-23)14-21-8-13(22-14)16(17,18)19/h2,5-6,8,11H,3-4,7,9H2,1H3,(H,21,22). The number of piperidine rings is 1. The van der Waals surface area contributed by atoms with E-state index in [4.69, 9.17) is 0 Å². The Morgan fingerprint density at radius 2 is 2.17 bits per heavy atom. The lowest BCUT2D eigenvalue weighted by molar-refractivity contribution is -0.141. The zero-order chi connectivity index (χ0) is 17.3. The number of hydrogen-bond acceptors (Lipinski definition) is 3. The van der Waals surface area contributed by atoms with Crippen molar-refractivity contribution < 1.29 is 18.0 Å². The van der Waals surface area contributed by atoms with Crippen molar-refractivity contribution in [1.82, 2.24) is 19.9 Å². The molecule has 3 rings (SSSR count). The quantitative estimate of drug-likeness (QED) is 0.915.